The van der Waals surface area contributed by atoms with Crippen LogP contribution in [0.15, 0.2) is 55.1 Å². The number of hydrogen-bond donors (Lipinski definition) is 1. The van der Waals surface area contributed by atoms with Gasteiger partial charge in [0.05, 0.1) is 29.4 Å². The van der Waals surface area contributed by atoms with E-state index in [4.69, 9.17) is 0 Å². The molecule has 0 fully saturated rings. The maximum Gasteiger partial charge on any atom is 0.258 e. The number of pyridine rings is 1. The van der Waals surface area contributed by atoms with Crippen molar-refractivity contribution in [2.45, 2.75) is 0 Å². The molecule has 0 bridgehead atoms. The number of carbonyl (C=O) groups excluding carboxylic acids is 2. The van der Waals surface area contributed by atoms with Crippen molar-refractivity contribution in [1.82, 2.24) is 9.38 Å². The van der Waals surface area contributed by atoms with Crippen molar-refractivity contribution in [2.75, 3.05) is 16.8 Å². The highest BCUT2D eigenvalue weighted by Crippen LogP contribution is 2.30. The Hall–Kier alpha value is -3.15. The summed E-state index contributed by atoms with van der Waals surface area (Å²) in [6, 6.07) is 10.8. The minimum Gasteiger partial charge on any atom is -0.323 e. The van der Waals surface area contributed by atoms with Crippen molar-refractivity contribution in [3.63, 3.8) is 0 Å². The SMILES string of the molecule is O=C1CN(C(=O)c2ccn3cncc3c2)c2ccccc2N1. The molecule has 0 saturated carbocycles. The smallest absolute Gasteiger partial charge is 0.258 e. The molecule has 4 rings (SSSR count). The Morgan fingerprint density at radius 3 is 3.00 bits per heavy atom. The van der Waals surface area contributed by atoms with Crippen molar-refractivity contribution in [3.8, 4) is 0 Å². The second-order valence-electron chi connectivity index (χ2n) is 5.10. The zero-order chi connectivity index (χ0) is 15.1. The molecule has 2 amide bonds. The molecular weight excluding hydrogens is 280 g/mol. The molecule has 6 heteroatoms. The second kappa shape index (κ2) is 4.70. The van der Waals surface area contributed by atoms with Crippen molar-refractivity contribution < 1.29 is 9.59 Å². The third-order valence-corrected chi connectivity index (χ3v) is 3.68. The molecule has 0 atom stereocenters. The summed E-state index contributed by atoms with van der Waals surface area (Å²) in [7, 11) is 0. The molecule has 1 aromatic carbocycles. The molecule has 0 saturated heterocycles. The molecule has 2 aromatic heterocycles. The number of anilines is 2. The molecule has 0 radical (unpaired) electrons. The summed E-state index contributed by atoms with van der Waals surface area (Å²) in [4.78, 5) is 30.1. The van der Waals surface area contributed by atoms with Gasteiger partial charge in [0, 0.05) is 11.8 Å². The lowest BCUT2D eigenvalue weighted by Crippen LogP contribution is -2.42. The van der Waals surface area contributed by atoms with E-state index in [1.54, 1.807) is 36.9 Å². The third-order valence-electron chi connectivity index (χ3n) is 3.68. The van der Waals surface area contributed by atoms with Gasteiger partial charge in [-0.2, -0.15) is 0 Å². The maximum atomic E-state index is 12.8. The first-order chi connectivity index (χ1) is 10.7. The van der Waals surface area contributed by atoms with Crippen LogP contribution in [0.5, 0.6) is 0 Å². The number of imidazole rings is 1. The van der Waals surface area contributed by atoms with E-state index < -0.39 is 0 Å². The van der Waals surface area contributed by atoms with Crippen LogP contribution in [0.3, 0.4) is 0 Å². The van der Waals surface area contributed by atoms with Gasteiger partial charge in [0.1, 0.15) is 6.54 Å². The lowest BCUT2D eigenvalue weighted by Gasteiger charge is -2.29. The lowest BCUT2D eigenvalue weighted by atomic mass is 10.1. The Balaban J connectivity index is 1.77. The van der Waals surface area contributed by atoms with Crippen LogP contribution in [0.1, 0.15) is 10.4 Å². The summed E-state index contributed by atoms with van der Waals surface area (Å²) >= 11 is 0. The van der Waals surface area contributed by atoms with E-state index in [0.717, 1.165) is 5.52 Å². The van der Waals surface area contributed by atoms with Crippen LogP contribution in [0.4, 0.5) is 11.4 Å². The van der Waals surface area contributed by atoms with Gasteiger partial charge in [-0.15, -0.1) is 0 Å². The average Bonchev–Trinajstić information content (AvgIpc) is 3.00. The topological polar surface area (TPSA) is 66.7 Å². The fourth-order valence-corrected chi connectivity index (χ4v) is 2.62. The molecule has 22 heavy (non-hydrogen) atoms. The van der Waals surface area contributed by atoms with Gasteiger partial charge in [-0.25, -0.2) is 4.98 Å². The number of aromatic nitrogens is 2. The molecule has 0 aliphatic carbocycles. The van der Waals surface area contributed by atoms with Crippen LogP contribution in [-0.2, 0) is 4.79 Å². The third kappa shape index (κ3) is 1.93. The van der Waals surface area contributed by atoms with Gasteiger partial charge < -0.3 is 9.72 Å². The predicted molar refractivity (Wildman–Crippen MR) is 81.9 cm³/mol. The number of benzene rings is 1. The van der Waals surface area contributed by atoms with Gasteiger partial charge in [0.25, 0.3) is 5.91 Å². The van der Waals surface area contributed by atoms with Gasteiger partial charge in [0.15, 0.2) is 0 Å². The fraction of sp³-hybridized carbons (Fsp3) is 0.0625. The number of amides is 2. The number of fused-ring (bicyclic) bond motifs is 2. The van der Waals surface area contributed by atoms with E-state index in [1.165, 1.54) is 4.90 Å². The molecule has 1 N–H and O–H groups in total. The summed E-state index contributed by atoms with van der Waals surface area (Å²) in [5.74, 6) is -0.400. The van der Waals surface area contributed by atoms with Gasteiger partial charge in [0.2, 0.25) is 5.91 Å². The maximum absolute atomic E-state index is 12.8. The first-order valence-electron chi connectivity index (χ1n) is 6.85. The lowest BCUT2D eigenvalue weighted by molar-refractivity contribution is -0.115. The van der Waals surface area contributed by atoms with E-state index in [2.05, 4.69) is 10.3 Å². The predicted octanol–water partition coefficient (Wildman–Crippen LogP) is 1.93. The van der Waals surface area contributed by atoms with Crippen LogP contribution in [0.2, 0.25) is 0 Å². The van der Waals surface area contributed by atoms with Crippen LogP contribution in [0, 0.1) is 0 Å². The quantitative estimate of drug-likeness (QED) is 0.745. The van der Waals surface area contributed by atoms with E-state index >= 15 is 0 Å². The fourth-order valence-electron chi connectivity index (χ4n) is 2.62. The number of nitrogens with one attached hydrogen (secondary N) is 1. The first-order valence-corrected chi connectivity index (χ1v) is 6.85. The zero-order valence-electron chi connectivity index (χ0n) is 11.6. The number of nitrogens with zero attached hydrogens (tertiary/aromatic N) is 3. The summed E-state index contributed by atoms with van der Waals surface area (Å²) in [6.07, 6.45) is 5.15. The summed E-state index contributed by atoms with van der Waals surface area (Å²) in [6.45, 7) is 0.0142. The number of para-hydroxylation sites is 2. The molecule has 1 aliphatic heterocycles. The Labute approximate surface area is 126 Å². The number of hydrogen-bond acceptors (Lipinski definition) is 3. The normalized spacial score (nSPS) is 13.8. The Bertz CT molecular complexity index is 900. The second-order valence-corrected chi connectivity index (χ2v) is 5.10. The van der Waals surface area contributed by atoms with Gasteiger partial charge in [-0.3, -0.25) is 14.5 Å². The van der Waals surface area contributed by atoms with E-state index in [-0.39, 0.29) is 18.4 Å². The molecular formula is C16H12N4O2. The molecule has 108 valence electrons. The van der Waals surface area contributed by atoms with Crippen LogP contribution in [0.25, 0.3) is 5.52 Å². The molecule has 3 heterocycles. The van der Waals surface area contributed by atoms with Gasteiger partial charge in [-0.1, -0.05) is 12.1 Å². The summed E-state index contributed by atoms with van der Waals surface area (Å²) in [5.41, 5.74) is 2.72. The van der Waals surface area contributed by atoms with E-state index in [0.29, 0.717) is 16.9 Å². The Morgan fingerprint density at radius 1 is 1.23 bits per heavy atom. The van der Waals surface area contributed by atoms with Crippen LogP contribution < -0.4 is 10.2 Å². The number of carbonyl (C=O) groups is 2. The Kier molecular flexibility index (Phi) is 2.69. The van der Waals surface area contributed by atoms with Gasteiger partial charge >= 0.3 is 0 Å². The highest BCUT2D eigenvalue weighted by Gasteiger charge is 2.27. The average molecular weight is 292 g/mol. The molecule has 0 unspecified atom stereocenters. The number of rotatable bonds is 1. The van der Waals surface area contributed by atoms with Crippen molar-refractivity contribution in [1.29, 1.82) is 0 Å². The largest absolute Gasteiger partial charge is 0.323 e. The van der Waals surface area contributed by atoms with Crippen molar-refractivity contribution in [2.24, 2.45) is 0 Å². The minimum absolute atomic E-state index is 0.0142. The van der Waals surface area contributed by atoms with E-state index in [9.17, 15) is 9.59 Å². The van der Waals surface area contributed by atoms with Crippen molar-refractivity contribution >= 4 is 28.7 Å². The molecule has 1 aliphatic rings. The zero-order valence-corrected chi connectivity index (χ0v) is 11.6. The molecule has 3 aromatic rings. The standard InChI is InChI=1S/C16H12N4O2/c21-15-9-20(14-4-2-1-3-13(14)18-15)16(22)11-5-6-19-10-17-8-12(19)7-11/h1-8,10H,9H2,(H,18,21). The molecule has 0 spiro atoms. The van der Waals surface area contributed by atoms with E-state index in [1.807, 2.05) is 22.6 Å². The Morgan fingerprint density at radius 2 is 2.09 bits per heavy atom. The first kappa shape index (κ1) is 12.6. The van der Waals surface area contributed by atoms with Crippen molar-refractivity contribution in [3.05, 3.63) is 60.7 Å². The highest BCUT2D eigenvalue weighted by molar-refractivity contribution is 6.15. The minimum atomic E-state index is -0.203. The molecule has 6 nitrogen and oxygen atoms in total. The van der Waals surface area contributed by atoms with Crippen LogP contribution >= 0.6 is 0 Å². The highest BCUT2D eigenvalue weighted by atomic mass is 16.2. The summed E-state index contributed by atoms with van der Waals surface area (Å²) < 4.78 is 1.83. The monoisotopic (exact) mass is 292 g/mol. The van der Waals surface area contributed by atoms with Crippen LogP contribution in [-0.4, -0.2) is 27.7 Å². The van der Waals surface area contributed by atoms with Gasteiger partial charge in [-0.05, 0) is 24.3 Å². The summed E-state index contributed by atoms with van der Waals surface area (Å²) in [5, 5.41) is 2.77.